The van der Waals surface area contributed by atoms with Gasteiger partial charge in [0.05, 0.1) is 30.2 Å². The number of halogens is 2. The zero-order chi connectivity index (χ0) is 17.1. The number of anilines is 1. The number of pyridine rings is 1. The van der Waals surface area contributed by atoms with Crippen LogP contribution in [0.25, 0.3) is 11.1 Å². The maximum absolute atomic E-state index is 13.8. The monoisotopic (exact) mass is 344 g/mol. The molecule has 0 unspecified atom stereocenters. The molecule has 0 saturated carbocycles. The molecular formula is C17H14ClFN4O. The van der Waals surface area contributed by atoms with Crippen molar-refractivity contribution in [1.82, 2.24) is 15.0 Å². The minimum absolute atomic E-state index is 0.0685. The van der Waals surface area contributed by atoms with E-state index in [1.54, 1.807) is 18.5 Å². The van der Waals surface area contributed by atoms with Gasteiger partial charge in [0.2, 0.25) is 5.88 Å². The molecule has 5 nitrogen and oxygen atoms in total. The number of aromatic nitrogens is 3. The van der Waals surface area contributed by atoms with Gasteiger partial charge >= 0.3 is 0 Å². The van der Waals surface area contributed by atoms with Crippen LogP contribution in [-0.4, -0.2) is 22.1 Å². The molecule has 0 aliphatic carbocycles. The van der Waals surface area contributed by atoms with Gasteiger partial charge < -0.3 is 10.5 Å². The molecule has 1 aromatic carbocycles. The van der Waals surface area contributed by atoms with Gasteiger partial charge in [-0.25, -0.2) is 14.4 Å². The summed E-state index contributed by atoms with van der Waals surface area (Å²) >= 11 is 5.75. The summed E-state index contributed by atoms with van der Waals surface area (Å²) in [6.07, 6.45) is 5.32. The van der Waals surface area contributed by atoms with Crippen LogP contribution in [-0.2, 0) is 6.42 Å². The second-order valence-corrected chi connectivity index (χ2v) is 5.55. The summed E-state index contributed by atoms with van der Waals surface area (Å²) < 4.78 is 19.0. The second-order valence-electron chi connectivity index (χ2n) is 5.14. The van der Waals surface area contributed by atoms with Gasteiger partial charge in [-0.15, -0.1) is 0 Å². The zero-order valence-electron chi connectivity index (χ0n) is 12.8. The summed E-state index contributed by atoms with van der Waals surface area (Å²) in [5, 5.41) is 0.0685. The second kappa shape index (κ2) is 6.80. The molecule has 0 aliphatic rings. The molecule has 7 heteroatoms. The Morgan fingerprint density at radius 3 is 2.62 bits per heavy atom. The molecule has 0 aliphatic heterocycles. The van der Waals surface area contributed by atoms with Crippen molar-refractivity contribution in [1.29, 1.82) is 0 Å². The Kier molecular flexibility index (Phi) is 4.57. The van der Waals surface area contributed by atoms with Gasteiger partial charge in [0, 0.05) is 18.2 Å². The van der Waals surface area contributed by atoms with Crippen molar-refractivity contribution in [2.75, 3.05) is 12.8 Å². The van der Waals surface area contributed by atoms with Crippen LogP contribution in [0, 0.1) is 5.82 Å². The molecule has 3 aromatic rings. The first-order chi connectivity index (χ1) is 11.6. The average Bonchev–Trinajstić information content (AvgIpc) is 2.59. The van der Waals surface area contributed by atoms with Gasteiger partial charge in [-0.05, 0) is 29.3 Å². The molecule has 24 heavy (non-hydrogen) atoms. The van der Waals surface area contributed by atoms with E-state index in [-0.39, 0.29) is 5.02 Å². The first-order valence-electron chi connectivity index (χ1n) is 7.11. The van der Waals surface area contributed by atoms with Gasteiger partial charge in [0.25, 0.3) is 0 Å². The zero-order valence-corrected chi connectivity index (χ0v) is 13.6. The van der Waals surface area contributed by atoms with Crippen LogP contribution in [0.2, 0.25) is 5.02 Å². The van der Waals surface area contributed by atoms with Crippen LogP contribution in [0.15, 0.2) is 42.9 Å². The highest BCUT2D eigenvalue weighted by molar-refractivity contribution is 6.30. The maximum Gasteiger partial charge on any atom is 0.221 e. The highest BCUT2D eigenvalue weighted by Crippen LogP contribution is 2.31. The van der Waals surface area contributed by atoms with Crippen molar-refractivity contribution in [3.8, 4) is 17.0 Å². The topological polar surface area (TPSA) is 73.9 Å². The number of rotatable bonds is 4. The third kappa shape index (κ3) is 3.44. The lowest BCUT2D eigenvalue weighted by Gasteiger charge is -2.10. The summed E-state index contributed by atoms with van der Waals surface area (Å²) in [7, 11) is 1.52. The smallest absolute Gasteiger partial charge is 0.221 e. The van der Waals surface area contributed by atoms with Crippen LogP contribution in [0.5, 0.6) is 5.88 Å². The standard InChI is InChI=1S/C17H14ClFN4O/c1-24-17-13(11-2-3-14(18)15(19)6-11)5-10(7-23-17)4-12-8-22-16(20)9-21-12/h2-3,5-9H,4H2,1H3,(H2,20,22). The predicted molar refractivity (Wildman–Crippen MR) is 90.4 cm³/mol. The molecule has 0 amide bonds. The number of hydrogen-bond donors (Lipinski definition) is 1. The van der Waals surface area contributed by atoms with E-state index in [1.165, 1.54) is 25.4 Å². The number of nitrogen functional groups attached to an aromatic ring is 1. The molecule has 0 saturated heterocycles. The van der Waals surface area contributed by atoms with E-state index in [0.717, 1.165) is 11.3 Å². The lowest BCUT2D eigenvalue weighted by Crippen LogP contribution is -1.99. The fraction of sp³-hybridized carbons (Fsp3) is 0.118. The van der Waals surface area contributed by atoms with Crippen molar-refractivity contribution in [3.05, 3.63) is 65.0 Å². The third-order valence-corrected chi connectivity index (χ3v) is 3.75. The fourth-order valence-electron chi connectivity index (χ4n) is 2.29. The number of benzene rings is 1. The number of ether oxygens (including phenoxy) is 1. The van der Waals surface area contributed by atoms with Crippen molar-refractivity contribution in [2.45, 2.75) is 6.42 Å². The number of hydrogen-bond acceptors (Lipinski definition) is 5. The average molecular weight is 345 g/mol. The van der Waals surface area contributed by atoms with Crippen LogP contribution < -0.4 is 10.5 Å². The van der Waals surface area contributed by atoms with Crippen LogP contribution in [0.1, 0.15) is 11.3 Å². The molecule has 0 spiro atoms. The quantitative estimate of drug-likeness (QED) is 0.784. The molecule has 2 heterocycles. The van der Waals surface area contributed by atoms with Gasteiger partial charge in [-0.3, -0.25) is 4.98 Å². The lowest BCUT2D eigenvalue weighted by atomic mass is 10.0. The molecule has 2 aromatic heterocycles. The van der Waals surface area contributed by atoms with Crippen LogP contribution in [0.4, 0.5) is 10.2 Å². The maximum atomic E-state index is 13.8. The normalized spacial score (nSPS) is 10.6. The highest BCUT2D eigenvalue weighted by Gasteiger charge is 2.12. The van der Waals surface area contributed by atoms with Crippen molar-refractivity contribution < 1.29 is 9.13 Å². The van der Waals surface area contributed by atoms with Gasteiger partial charge in [0.1, 0.15) is 11.6 Å². The fourth-order valence-corrected chi connectivity index (χ4v) is 2.41. The first kappa shape index (κ1) is 16.1. The molecule has 2 N–H and O–H groups in total. The van der Waals surface area contributed by atoms with Crippen LogP contribution >= 0.6 is 11.6 Å². The molecule has 0 radical (unpaired) electrons. The minimum Gasteiger partial charge on any atom is -0.481 e. The Labute approximate surface area is 143 Å². The largest absolute Gasteiger partial charge is 0.481 e. The third-order valence-electron chi connectivity index (χ3n) is 3.44. The number of methoxy groups -OCH3 is 1. The first-order valence-corrected chi connectivity index (χ1v) is 7.49. The lowest BCUT2D eigenvalue weighted by molar-refractivity contribution is 0.399. The number of nitrogens with two attached hydrogens (primary N) is 1. The summed E-state index contributed by atoms with van der Waals surface area (Å²) in [5.41, 5.74) is 8.48. The number of nitrogens with zero attached hydrogens (tertiary/aromatic N) is 3. The van der Waals surface area contributed by atoms with Gasteiger partial charge in [-0.1, -0.05) is 17.7 Å². The molecular weight excluding hydrogens is 331 g/mol. The predicted octanol–water partition coefficient (Wildman–Crippen LogP) is 3.51. The van der Waals surface area contributed by atoms with E-state index in [4.69, 9.17) is 22.1 Å². The highest BCUT2D eigenvalue weighted by atomic mass is 35.5. The Morgan fingerprint density at radius 1 is 1.12 bits per heavy atom. The molecule has 122 valence electrons. The van der Waals surface area contributed by atoms with Crippen molar-refractivity contribution in [2.24, 2.45) is 0 Å². The van der Waals surface area contributed by atoms with E-state index in [9.17, 15) is 4.39 Å². The molecule has 3 rings (SSSR count). The summed E-state index contributed by atoms with van der Waals surface area (Å²) in [6, 6.07) is 6.46. The van der Waals surface area contributed by atoms with Gasteiger partial charge in [0.15, 0.2) is 0 Å². The van der Waals surface area contributed by atoms with Crippen molar-refractivity contribution in [3.63, 3.8) is 0 Å². The van der Waals surface area contributed by atoms with E-state index in [1.807, 2.05) is 6.07 Å². The summed E-state index contributed by atoms with van der Waals surface area (Å²) in [5.74, 6) is 0.277. The van der Waals surface area contributed by atoms with E-state index in [2.05, 4.69) is 15.0 Å². The van der Waals surface area contributed by atoms with E-state index in [0.29, 0.717) is 29.2 Å². The Hall–Kier alpha value is -2.73. The Balaban J connectivity index is 1.98. The molecule has 0 bridgehead atoms. The molecule has 0 fully saturated rings. The molecule has 0 atom stereocenters. The minimum atomic E-state index is -0.494. The van der Waals surface area contributed by atoms with E-state index < -0.39 is 5.82 Å². The van der Waals surface area contributed by atoms with Gasteiger partial charge in [-0.2, -0.15) is 0 Å². The summed E-state index contributed by atoms with van der Waals surface area (Å²) in [4.78, 5) is 12.5. The van der Waals surface area contributed by atoms with Crippen molar-refractivity contribution >= 4 is 17.4 Å². The Bertz CT molecular complexity index is 871. The Morgan fingerprint density at radius 2 is 1.96 bits per heavy atom. The van der Waals surface area contributed by atoms with E-state index >= 15 is 0 Å². The van der Waals surface area contributed by atoms with Crippen LogP contribution in [0.3, 0.4) is 0 Å². The summed E-state index contributed by atoms with van der Waals surface area (Å²) in [6.45, 7) is 0. The SMILES string of the molecule is COc1ncc(Cc2cnc(N)cn2)cc1-c1ccc(Cl)c(F)c1.